The predicted molar refractivity (Wildman–Crippen MR) is 104 cm³/mol. The molecule has 0 unspecified atom stereocenters. The first-order valence-corrected chi connectivity index (χ1v) is 8.50. The number of nitrogens with zero attached hydrogens (tertiary/aromatic N) is 1. The molecule has 24 heavy (non-hydrogen) atoms. The lowest BCUT2D eigenvalue weighted by Gasteiger charge is -2.20. The Morgan fingerprint density at radius 1 is 0.750 bits per heavy atom. The molecule has 0 spiro atoms. The van der Waals surface area contributed by atoms with E-state index in [1.54, 1.807) is 0 Å². The molecule has 118 valence electrons. The summed E-state index contributed by atoms with van der Waals surface area (Å²) in [5.74, 6) is 0. The van der Waals surface area contributed by atoms with E-state index in [1.165, 1.54) is 33.6 Å². The lowest BCUT2D eigenvalue weighted by Crippen LogP contribution is -2.08. The van der Waals surface area contributed by atoms with Crippen LogP contribution in [0.4, 0.5) is 11.4 Å². The highest BCUT2D eigenvalue weighted by atomic mass is 15.1. The van der Waals surface area contributed by atoms with Gasteiger partial charge in [-0.25, -0.2) is 0 Å². The first-order chi connectivity index (χ1) is 11.8. The monoisotopic (exact) mass is 311 g/mol. The van der Waals surface area contributed by atoms with Crippen molar-refractivity contribution in [1.82, 2.24) is 0 Å². The minimum Gasteiger partial charge on any atom is -0.345 e. The van der Waals surface area contributed by atoms with Crippen molar-refractivity contribution in [3.05, 3.63) is 90.0 Å². The molecule has 0 atom stereocenters. The van der Waals surface area contributed by atoms with Crippen molar-refractivity contribution in [2.75, 3.05) is 11.9 Å². The Morgan fingerprint density at radius 3 is 2.25 bits per heavy atom. The second-order valence-electron chi connectivity index (χ2n) is 6.30. The highest BCUT2D eigenvalue weighted by Crippen LogP contribution is 2.29. The lowest BCUT2D eigenvalue weighted by molar-refractivity contribution is 0.986. The Bertz CT molecular complexity index is 860. The van der Waals surface area contributed by atoms with Crippen molar-refractivity contribution in [2.24, 2.45) is 0 Å². The fraction of sp³-hybridized carbons (Fsp3) is 0.130. The maximum absolute atomic E-state index is 2.34. The number of rotatable bonds is 3. The van der Waals surface area contributed by atoms with Crippen LogP contribution >= 0.6 is 0 Å². The SMILES string of the molecule is CN(c1ccccc1)c1ccc(-c2ccc3c(c2)CCC=C3)cc1. The highest BCUT2D eigenvalue weighted by molar-refractivity contribution is 5.72. The fourth-order valence-electron chi connectivity index (χ4n) is 3.29. The number of allylic oxidation sites excluding steroid dienone is 1. The molecule has 0 heterocycles. The van der Waals surface area contributed by atoms with Gasteiger partial charge in [-0.15, -0.1) is 0 Å². The number of hydrogen-bond acceptors (Lipinski definition) is 1. The van der Waals surface area contributed by atoms with Crippen molar-refractivity contribution >= 4 is 17.5 Å². The van der Waals surface area contributed by atoms with Crippen LogP contribution in [0.5, 0.6) is 0 Å². The Hall–Kier alpha value is -2.80. The van der Waals surface area contributed by atoms with Crippen LogP contribution in [-0.4, -0.2) is 7.05 Å². The second-order valence-corrected chi connectivity index (χ2v) is 6.30. The van der Waals surface area contributed by atoms with Crippen molar-refractivity contribution in [3.63, 3.8) is 0 Å². The third-order valence-corrected chi connectivity index (χ3v) is 4.75. The quantitative estimate of drug-likeness (QED) is 0.566. The highest BCUT2D eigenvalue weighted by Gasteiger charge is 2.08. The van der Waals surface area contributed by atoms with Gasteiger partial charge in [0.05, 0.1) is 0 Å². The molecule has 0 fully saturated rings. The standard InChI is InChI=1S/C23H21N/c1-24(22-9-3-2-4-10-22)23-15-13-19(14-16-23)21-12-11-18-7-5-6-8-20(18)17-21/h2-5,7,9-17H,6,8H2,1H3. The van der Waals surface area contributed by atoms with Gasteiger partial charge in [0, 0.05) is 18.4 Å². The van der Waals surface area contributed by atoms with E-state index in [0.717, 1.165) is 12.8 Å². The van der Waals surface area contributed by atoms with Gasteiger partial charge in [0.25, 0.3) is 0 Å². The zero-order valence-electron chi connectivity index (χ0n) is 13.9. The molecule has 3 aromatic carbocycles. The third kappa shape index (κ3) is 2.85. The van der Waals surface area contributed by atoms with Gasteiger partial charge >= 0.3 is 0 Å². The van der Waals surface area contributed by atoms with Crippen molar-refractivity contribution < 1.29 is 0 Å². The molecular formula is C23H21N. The molecule has 0 saturated heterocycles. The van der Waals surface area contributed by atoms with E-state index in [1.807, 2.05) is 6.07 Å². The van der Waals surface area contributed by atoms with E-state index in [4.69, 9.17) is 0 Å². The molecule has 1 aliphatic rings. The average molecular weight is 311 g/mol. The van der Waals surface area contributed by atoms with Gasteiger partial charge in [-0.1, -0.05) is 60.7 Å². The van der Waals surface area contributed by atoms with E-state index in [9.17, 15) is 0 Å². The minimum atomic E-state index is 1.15. The number of fused-ring (bicyclic) bond motifs is 1. The Balaban J connectivity index is 1.61. The third-order valence-electron chi connectivity index (χ3n) is 4.75. The van der Waals surface area contributed by atoms with E-state index >= 15 is 0 Å². The van der Waals surface area contributed by atoms with Crippen LogP contribution in [-0.2, 0) is 6.42 Å². The van der Waals surface area contributed by atoms with Crippen molar-refractivity contribution in [2.45, 2.75) is 12.8 Å². The summed E-state index contributed by atoms with van der Waals surface area (Å²) < 4.78 is 0. The summed E-state index contributed by atoms with van der Waals surface area (Å²) in [7, 11) is 2.11. The Kier molecular flexibility index (Phi) is 3.92. The second kappa shape index (κ2) is 6.37. The summed E-state index contributed by atoms with van der Waals surface area (Å²) in [6, 6.07) is 26.1. The fourth-order valence-corrected chi connectivity index (χ4v) is 3.29. The molecule has 3 aromatic rings. The summed E-state index contributed by atoms with van der Waals surface area (Å²) in [6.07, 6.45) is 6.79. The Labute approximate surface area is 143 Å². The van der Waals surface area contributed by atoms with E-state index in [-0.39, 0.29) is 0 Å². The largest absolute Gasteiger partial charge is 0.345 e. The van der Waals surface area contributed by atoms with Crippen LogP contribution in [0.25, 0.3) is 17.2 Å². The van der Waals surface area contributed by atoms with Gasteiger partial charge in [0.2, 0.25) is 0 Å². The van der Waals surface area contributed by atoms with Gasteiger partial charge < -0.3 is 4.90 Å². The summed E-state index contributed by atoms with van der Waals surface area (Å²) in [5, 5.41) is 0. The van der Waals surface area contributed by atoms with E-state index in [0.29, 0.717) is 0 Å². The molecule has 1 aliphatic carbocycles. The molecule has 0 N–H and O–H groups in total. The van der Waals surface area contributed by atoms with Crippen LogP contribution in [0, 0.1) is 0 Å². The van der Waals surface area contributed by atoms with Crippen LogP contribution in [0.3, 0.4) is 0 Å². The molecule has 4 rings (SSSR count). The average Bonchev–Trinajstić information content (AvgIpc) is 2.68. The molecule has 0 saturated carbocycles. The maximum Gasteiger partial charge on any atom is 0.0408 e. The zero-order valence-corrected chi connectivity index (χ0v) is 13.9. The van der Waals surface area contributed by atoms with Crippen LogP contribution in [0.15, 0.2) is 78.9 Å². The van der Waals surface area contributed by atoms with Crippen LogP contribution in [0.2, 0.25) is 0 Å². The molecule has 0 aliphatic heterocycles. The van der Waals surface area contributed by atoms with Gasteiger partial charge in [-0.05, 0) is 59.4 Å². The summed E-state index contributed by atoms with van der Waals surface area (Å²) >= 11 is 0. The van der Waals surface area contributed by atoms with Crippen LogP contribution in [0.1, 0.15) is 17.5 Å². The minimum absolute atomic E-state index is 1.15. The maximum atomic E-state index is 2.34. The predicted octanol–water partition coefficient (Wildman–Crippen LogP) is 6.08. The molecule has 0 bridgehead atoms. The Morgan fingerprint density at radius 2 is 1.46 bits per heavy atom. The molecule has 1 nitrogen and oxygen atoms in total. The molecular weight excluding hydrogens is 290 g/mol. The van der Waals surface area contributed by atoms with E-state index < -0.39 is 0 Å². The van der Waals surface area contributed by atoms with Gasteiger partial charge in [0.15, 0.2) is 0 Å². The zero-order chi connectivity index (χ0) is 16.4. The number of hydrogen-bond donors (Lipinski definition) is 0. The number of anilines is 2. The smallest absolute Gasteiger partial charge is 0.0408 e. The van der Waals surface area contributed by atoms with Gasteiger partial charge in [0.1, 0.15) is 0 Å². The summed E-state index contributed by atoms with van der Waals surface area (Å²) in [5.41, 5.74) is 7.80. The number of para-hydroxylation sites is 1. The first kappa shape index (κ1) is 14.8. The molecule has 1 heteroatoms. The van der Waals surface area contributed by atoms with Crippen LogP contribution < -0.4 is 4.90 Å². The first-order valence-electron chi connectivity index (χ1n) is 8.50. The van der Waals surface area contributed by atoms with Crippen molar-refractivity contribution in [1.29, 1.82) is 0 Å². The van der Waals surface area contributed by atoms with E-state index in [2.05, 4.69) is 90.8 Å². The van der Waals surface area contributed by atoms with Gasteiger partial charge in [-0.2, -0.15) is 0 Å². The number of aryl methyl sites for hydroxylation is 1. The number of benzene rings is 3. The van der Waals surface area contributed by atoms with Gasteiger partial charge in [-0.3, -0.25) is 0 Å². The normalized spacial score (nSPS) is 12.7. The lowest BCUT2D eigenvalue weighted by atomic mass is 9.93. The summed E-state index contributed by atoms with van der Waals surface area (Å²) in [4.78, 5) is 2.21. The summed E-state index contributed by atoms with van der Waals surface area (Å²) in [6.45, 7) is 0. The topological polar surface area (TPSA) is 3.24 Å². The van der Waals surface area contributed by atoms with Crippen molar-refractivity contribution in [3.8, 4) is 11.1 Å². The molecule has 0 aromatic heterocycles. The molecule has 0 radical (unpaired) electrons. The molecule has 0 amide bonds.